The predicted molar refractivity (Wildman–Crippen MR) is 24.5 cm³/mol. The summed E-state index contributed by atoms with van der Waals surface area (Å²) in [7, 11) is -2.70. The second kappa shape index (κ2) is 4.73. The molecule has 8 heavy (non-hydrogen) atoms. The van der Waals surface area contributed by atoms with Crippen LogP contribution in [0.15, 0.2) is 0 Å². The highest BCUT2D eigenvalue weighted by Gasteiger charge is 2.08. The van der Waals surface area contributed by atoms with Crippen LogP contribution >= 0.6 is 0 Å². The molecule has 0 amide bonds. The van der Waals surface area contributed by atoms with Crippen molar-refractivity contribution in [3.8, 4) is 0 Å². The monoisotopic (exact) mass is 135 g/mol. The fraction of sp³-hybridized carbons (Fsp3) is 1.00. The zero-order chi connectivity index (χ0) is 6.41. The quantitative estimate of drug-likeness (QED) is 0.314. The fourth-order valence-electron chi connectivity index (χ4n) is 0.209. The van der Waals surface area contributed by atoms with Gasteiger partial charge in [0.05, 0.1) is 6.61 Å². The van der Waals surface area contributed by atoms with Gasteiger partial charge in [-0.3, -0.25) is 9.04 Å². The van der Waals surface area contributed by atoms with Gasteiger partial charge in [-0.1, -0.05) is 6.92 Å². The van der Waals surface area contributed by atoms with E-state index >= 15 is 0 Å². The van der Waals surface area contributed by atoms with Gasteiger partial charge in [-0.25, -0.2) is 0 Å². The molecule has 0 fully saturated rings. The van der Waals surface area contributed by atoms with Crippen LogP contribution in [0.3, 0.4) is 0 Å². The lowest BCUT2D eigenvalue weighted by Gasteiger charge is -1.93. The van der Waals surface area contributed by atoms with E-state index < -0.39 is 9.17 Å². The summed E-state index contributed by atoms with van der Waals surface area (Å²) in [5.74, 6) is 0. The second-order valence-corrected chi connectivity index (χ2v) is 2.14. The summed E-state index contributed by atoms with van der Waals surface area (Å²) >= 11 is 0. The molecule has 0 spiro atoms. The molecule has 0 bridgehead atoms. The van der Waals surface area contributed by atoms with Crippen molar-refractivity contribution in [1.29, 1.82) is 0 Å². The summed E-state index contributed by atoms with van der Waals surface area (Å²) in [6, 6.07) is 0. The third-order valence-corrected chi connectivity index (χ3v) is 1.07. The average Bonchev–Trinajstić information content (AvgIpc) is 1.83. The topological polar surface area (TPSA) is 55.4 Å². The predicted octanol–water partition coefficient (Wildman–Crippen LogP) is 0.191. The SMILES string of the molecule is CCCO[Si](=O)O[O]. The van der Waals surface area contributed by atoms with Crippen LogP contribution in [0.5, 0.6) is 0 Å². The molecule has 47 valence electrons. The lowest BCUT2D eigenvalue weighted by molar-refractivity contribution is -0.232. The van der Waals surface area contributed by atoms with Crippen molar-refractivity contribution < 1.29 is 18.7 Å². The molecule has 0 aromatic rings. The lowest BCUT2D eigenvalue weighted by atomic mass is 10.5. The van der Waals surface area contributed by atoms with Gasteiger partial charge < -0.3 is 4.43 Å². The Balaban J connectivity index is 2.99. The summed E-state index contributed by atoms with van der Waals surface area (Å²) in [5, 5.41) is 9.24. The molecule has 5 heteroatoms. The molecule has 0 atom stereocenters. The van der Waals surface area contributed by atoms with E-state index in [1.165, 1.54) is 0 Å². The molecule has 0 saturated heterocycles. The summed E-state index contributed by atoms with van der Waals surface area (Å²) < 4.78 is 17.5. The fourth-order valence-corrected chi connectivity index (χ4v) is 0.628. The van der Waals surface area contributed by atoms with Gasteiger partial charge in [0.2, 0.25) is 0 Å². The van der Waals surface area contributed by atoms with E-state index in [2.05, 4.69) is 9.00 Å². The van der Waals surface area contributed by atoms with Crippen molar-refractivity contribution in [2.75, 3.05) is 6.61 Å². The van der Waals surface area contributed by atoms with E-state index in [9.17, 15) is 9.72 Å². The van der Waals surface area contributed by atoms with Gasteiger partial charge in [0.1, 0.15) is 0 Å². The first-order valence-electron chi connectivity index (χ1n) is 2.27. The smallest absolute Gasteiger partial charge is 0.495 e. The number of hydrogen-bond donors (Lipinski definition) is 0. The first-order valence-corrected chi connectivity index (χ1v) is 3.50. The standard InChI is InChI=1S/C3H7O4Si/c1-2-3-6-8(5)7-4/h2-3H2,1H3. The minimum Gasteiger partial charge on any atom is -0.495 e. The van der Waals surface area contributed by atoms with Crippen LogP contribution in [-0.2, 0) is 18.7 Å². The molecular formula is C3H7O4Si. The molecule has 4 nitrogen and oxygen atoms in total. The Morgan fingerprint density at radius 1 is 1.62 bits per heavy atom. The van der Waals surface area contributed by atoms with Gasteiger partial charge in [0.25, 0.3) is 0 Å². The van der Waals surface area contributed by atoms with Crippen molar-refractivity contribution in [2.24, 2.45) is 0 Å². The first kappa shape index (κ1) is 7.58. The molecular weight excluding hydrogens is 128 g/mol. The molecule has 1 radical (unpaired) electrons. The molecule has 0 heterocycles. The Labute approximate surface area is 48.9 Å². The van der Waals surface area contributed by atoms with Gasteiger partial charge in [0.15, 0.2) is 0 Å². The number of hydrogen-bond acceptors (Lipinski definition) is 3. The molecule has 0 saturated carbocycles. The van der Waals surface area contributed by atoms with Gasteiger partial charge in [-0.15, -0.1) is 0 Å². The Kier molecular flexibility index (Phi) is 4.48. The van der Waals surface area contributed by atoms with Crippen LogP contribution in [0.2, 0.25) is 0 Å². The van der Waals surface area contributed by atoms with E-state index in [1.54, 1.807) is 0 Å². The number of rotatable bonds is 4. The zero-order valence-corrected chi connectivity index (χ0v) is 5.55. The molecule has 0 rings (SSSR count). The highest BCUT2D eigenvalue weighted by molar-refractivity contribution is 6.25. The van der Waals surface area contributed by atoms with E-state index in [-0.39, 0.29) is 0 Å². The maximum absolute atomic E-state index is 10.00. The third-order valence-electron chi connectivity index (χ3n) is 0.492. The minimum atomic E-state index is -2.70. The van der Waals surface area contributed by atoms with Gasteiger partial charge >= 0.3 is 9.17 Å². The Hall–Kier alpha value is -0.423. The second-order valence-electron chi connectivity index (χ2n) is 1.18. The van der Waals surface area contributed by atoms with Gasteiger partial charge in [0, 0.05) is 5.26 Å². The van der Waals surface area contributed by atoms with Crippen LogP contribution in [0.1, 0.15) is 13.3 Å². The maximum atomic E-state index is 10.00. The van der Waals surface area contributed by atoms with E-state index in [0.29, 0.717) is 6.61 Å². The molecule has 0 N–H and O–H groups in total. The molecule has 0 aliphatic heterocycles. The normalized spacial score (nSPS) is 8.25. The molecule has 0 aromatic heterocycles. The van der Waals surface area contributed by atoms with E-state index in [1.807, 2.05) is 6.92 Å². The summed E-state index contributed by atoms with van der Waals surface area (Å²) in [6.45, 7) is 2.17. The minimum absolute atomic E-state index is 0.319. The van der Waals surface area contributed by atoms with Crippen LogP contribution in [0.25, 0.3) is 0 Å². The van der Waals surface area contributed by atoms with Crippen molar-refractivity contribution in [3.05, 3.63) is 0 Å². The summed E-state index contributed by atoms with van der Waals surface area (Å²) in [6.07, 6.45) is 0.736. The van der Waals surface area contributed by atoms with Gasteiger partial charge in [-0.2, -0.15) is 0 Å². The Bertz CT molecular complexity index is 73.7. The average molecular weight is 135 g/mol. The van der Waals surface area contributed by atoms with Crippen molar-refractivity contribution >= 4 is 9.17 Å². The highest BCUT2D eigenvalue weighted by atomic mass is 28.3. The first-order chi connectivity index (χ1) is 3.81. The summed E-state index contributed by atoms with van der Waals surface area (Å²) in [4.78, 5) is 0. The summed E-state index contributed by atoms with van der Waals surface area (Å²) in [5.41, 5.74) is 0. The van der Waals surface area contributed by atoms with E-state index in [4.69, 9.17) is 0 Å². The van der Waals surface area contributed by atoms with Crippen LogP contribution in [0.4, 0.5) is 0 Å². The third kappa shape index (κ3) is 3.76. The van der Waals surface area contributed by atoms with Crippen molar-refractivity contribution in [3.63, 3.8) is 0 Å². The largest absolute Gasteiger partial charge is 0.803 e. The maximum Gasteiger partial charge on any atom is 0.803 e. The Morgan fingerprint density at radius 2 is 2.25 bits per heavy atom. The molecule has 0 unspecified atom stereocenters. The van der Waals surface area contributed by atoms with Gasteiger partial charge in [-0.05, 0) is 6.42 Å². The molecule has 0 aromatic carbocycles. The Morgan fingerprint density at radius 3 is 2.62 bits per heavy atom. The lowest BCUT2D eigenvalue weighted by Crippen LogP contribution is -2.09. The van der Waals surface area contributed by atoms with Crippen molar-refractivity contribution in [1.82, 2.24) is 0 Å². The van der Waals surface area contributed by atoms with E-state index in [0.717, 1.165) is 6.42 Å². The van der Waals surface area contributed by atoms with Crippen LogP contribution in [-0.4, -0.2) is 15.8 Å². The van der Waals surface area contributed by atoms with Crippen LogP contribution < -0.4 is 0 Å². The zero-order valence-electron chi connectivity index (χ0n) is 4.55. The van der Waals surface area contributed by atoms with Crippen LogP contribution in [0, 0.1) is 0 Å². The highest BCUT2D eigenvalue weighted by Crippen LogP contribution is 1.79. The molecule has 0 aliphatic carbocycles. The van der Waals surface area contributed by atoms with Crippen molar-refractivity contribution in [2.45, 2.75) is 13.3 Å². The molecule has 0 aliphatic rings.